The summed E-state index contributed by atoms with van der Waals surface area (Å²) in [5.74, 6) is -0.348. The first-order valence-electron chi connectivity index (χ1n) is 9.76. The highest BCUT2D eigenvalue weighted by Gasteiger charge is 2.16. The minimum absolute atomic E-state index is 0.0626. The van der Waals surface area contributed by atoms with Gasteiger partial charge in [-0.25, -0.2) is 17.5 Å². The minimum atomic E-state index is -2.54. The fourth-order valence-electron chi connectivity index (χ4n) is 3.43. The van der Waals surface area contributed by atoms with E-state index in [1.807, 2.05) is 0 Å². The summed E-state index contributed by atoms with van der Waals surface area (Å²) in [6, 6.07) is 19.0. The lowest BCUT2D eigenvalue weighted by molar-refractivity contribution is 0.475. The van der Waals surface area contributed by atoms with Crippen LogP contribution in [0.25, 0.3) is 22.3 Å². The molecular formula is C24H19FN2O4S. The molecule has 0 saturated carbocycles. The van der Waals surface area contributed by atoms with Gasteiger partial charge in [0, 0.05) is 5.56 Å². The van der Waals surface area contributed by atoms with Crippen molar-refractivity contribution in [3.63, 3.8) is 0 Å². The Kier molecular flexibility index (Phi) is 6.13. The van der Waals surface area contributed by atoms with Crippen molar-refractivity contribution in [3.05, 3.63) is 106 Å². The van der Waals surface area contributed by atoms with Crippen LogP contribution in [0, 0.1) is 5.82 Å². The number of halogens is 1. The van der Waals surface area contributed by atoms with Gasteiger partial charge in [-0.2, -0.15) is 5.10 Å². The van der Waals surface area contributed by atoms with Gasteiger partial charge in [-0.15, -0.1) is 0 Å². The molecule has 0 spiro atoms. The Bertz CT molecular complexity index is 1370. The van der Waals surface area contributed by atoms with Gasteiger partial charge in [0.25, 0.3) is 5.56 Å². The van der Waals surface area contributed by atoms with Gasteiger partial charge < -0.3 is 5.11 Å². The average molecular weight is 450 g/mol. The van der Waals surface area contributed by atoms with Crippen molar-refractivity contribution in [2.75, 3.05) is 0 Å². The zero-order chi connectivity index (χ0) is 22.7. The lowest BCUT2D eigenvalue weighted by atomic mass is 9.96. The van der Waals surface area contributed by atoms with Gasteiger partial charge in [0.2, 0.25) is 0 Å². The van der Waals surface area contributed by atoms with Crippen LogP contribution in [-0.2, 0) is 23.0 Å². The first-order chi connectivity index (χ1) is 15.4. The highest BCUT2D eigenvalue weighted by molar-refractivity contribution is 7.71. The second kappa shape index (κ2) is 9.15. The smallest absolute Gasteiger partial charge is 0.275 e. The standard InChI is InChI=1S/C24H19FN2O4S/c25-20-9-7-19(8-10-20)23-22(18-5-1-17(2-6-18)15-32(30)31)13-26-27(24(23)29)14-16-3-11-21(28)12-4-16/h1-13,28,32H,14-15H2. The van der Waals surface area contributed by atoms with Gasteiger partial charge in [-0.3, -0.25) is 4.79 Å². The molecule has 1 heterocycles. The van der Waals surface area contributed by atoms with E-state index in [0.717, 1.165) is 5.56 Å². The minimum Gasteiger partial charge on any atom is -0.508 e. The lowest BCUT2D eigenvalue weighted by Crippen LogP contribution is -2.25. The van der Waals surface area contributed by atoms with E-state index in [4.69, 9.17) is 0 Å². The predicted molar refractivity (Wildman–Crippen MR) is 121 cm³/mol. The maximum absolute atomic E-state index is 13.5. The Morgan fingerprint density at radius 1 is 0.844 bits per heavy atom. The van der Waals surface area contributed by atoms with E-state index < -0.39 is 16.5 Å². The fourth-order valence-corrected chi connectivity index (χ4v) is 3.94. The number of phenols is 1. The van der Waals surface area contributed by atoms with Crippen LogP contribution in [0.3, 0.4) is 0 Å². The molecule has 0 fully saturated rings. The molecular weight excluding hydrogens is 431 g/mol. The van der Waals surface area contributed by atoms with E-state index in [1.54, 1.807) is 42.6 Å². The molecule has 162 valence electrons. The van der Waals surface area contributed by atoms with Crippen LogP contribution in [0.15, 0.2) is 83.8 Å². The molecule has 0 saturated heterocycles. The van der Waals surface area contributed by atoms with Gasteiger partial charge in [0.05, 0.1) is 24.1 Å². The van der Waals surface area contributed by atoms with E-state index in [2.05, 4.69) is 5.10 Å². The molecule has 32 heavy (non-hydrogen) atoms. The largest absolute Gasteiger partial charge is 0.508 e. The molecule has 0 amide bonds. The Labute approximate surface area is 185 Å². The third kappa shape index (κ3) is 4.76. The third-order valence-electron chi connectivity index (χ3n) is 5.02. The lowest BCUT2D eigenvalue weighted by Gasteiger charge is -2.13. The molecule has 1 N–H and O–H groups in total. The normalized spacial score (nSPS) is 11.1. The summed E-state index contributed by atoms with van der Waals surface area (Å²) in [6.07, 6.45) is 1.57. The van der Waals surface area contributed by atoms with E-state index >= 15 is 0 Å². The summed E-state index contributed by atoms with van der Waals surface area (Å²) in [7, 11) is -2.54. The van der Waals surface area contributed by atoms with Gasteiger partial charge in [0.15, 0.2) is 0 Å². The second-order valence-corrected chi connectivity index (χ2v) is 8.24. The van der Waals surface area contributed by atoms with E-state index in [0.29, 0.717) is 27.8 Å². The van der Waals surface area contributed by atoms with Crippen LogP contribution in [0.1, 0.15) is 11.1 Å². The van der Waals surface area contributed by atoms with E-state index in [-0.39, 0.29) is 23.6 Å². The van der Waals surface area contributed by atoms with E-state index in [9.17, 15) is 22.7 Å². The predicted octanol–water partition coefficient (Wildman–Crippen LogP) is 3.58. The molecule has 0 atom stereocenters. The number of aromatic nitrogens is 2. The van der Waals surface area contributed by atoms with Crippen molar-refractivity contribution in [2.45, 2.75) is 12.3 Å². The van der Waals surface area contributed by atoms with Crippen molar-refractivity contribution >= 4 is 10.7 Å². The molecule has 4 rings (SSSR count). The molecule has 0 bridgehead atoms. The number of phenolic OH excluding ortho intramolecular Hbond substituents is 1. The number of nitrogens with zero attached hydrogens (tertiary/aromatic N) is 2. The monoisotopic (exact) mass is 450 g/mol. The van der Waals surface area contributed by atoms with Gasteiger partial charge in [0.1, 0.15) is 22.3 Å². The van der Waals surface area contributed by atoms with Gasteiger partial charge >= 0.3 is 0 Å². The second-order valence-electron chi connectivity index (χ2n) is 7.26. The van der Waals surface area contributed by atoms with E-state index in [1.165, 1.54) is 41.1 Å². The number of hydrogen-bond acceptors (Lipinski definition) is 5. The maximum Gasteiger partial charge on any atom is 0.275 e. The van der Waals surface area contributed by atoms with Crippen LogP contribution in [0.2, 0.25) is 0 Å². The summed E-state index contributed by atoms with van der Waals surface area (Å²) >= 11 is 0. The molecule has 4 aromatic rings. The zero-order valence-corrected chi connectivity index (χ0v) is 17.7. The maximum atomic E-state index is 13.5. The average Bonchev–Trinajstić information content (AvgIpc) is 2.77. The highest BCUT2D eigenvalue weighted by Crippen LogP contribution is 2.29. The summed E-state index contributed by atoms with van der Waals surface area (Å²) < 4.78 is 36.8. The van der Waals surface area contributed by atoms with Crippen molar-refractivity contribution in [1.82, 2.24) is 9.78 Å². The third-order valence-corrected chi connectivity index (χ3v) is 5.65. The number of rotatable bonds is 6. The highest BCUT2D eigenvalue weighted by atomic mass is 32.2. The summed E-state index contributed by atoms with van der Waals surface area (Å²) in [5, 5.41) is 13.8. The van der Waals surface area contributed by atoms with Crippen LogP contribution in [0.5, 0.6) is 5.75 Å². The molecule has 0 aliphatic carbocycles. The van der Waals surface area contributed by atoms with Crippen molar-refractivity contribution in [2.24, 2.45) is 0 Å². The SMILES string of the molecule is O=c1c(-c2ccc(F)cc2)c(-c2ccc(C[SH](=O)=O)cc2)cnn1Cc1ccc(O)cc1. The number of hydrogen-bond donors (Lipinski definition) is 2. The summed E-state index contributed by atoms with van der Waals surface area (Å²) in [4.78, 5) is 13.4. The molecule has 0 unspecified atom stereocenters. The topological polar surface area (TPSA) is 89.3 Å². The molecule has 0 aliphatic heterocycles. The first-order valence-corrected chi connectivity index (χ1v) is 11.1. The van der Waals surface area contributed by atoms with Crippen LogP contribution in [0.4, 0.5) is 4.39 Å². The molecule has 1 aromatic heterocycles. The van der Waals surface area contributed by atoms with Gasteiger partial charge in [-0.05, 0) is 46.5 Å². The molecule has 6 nitrogen and oxygen atoms in total. The van der Waals surface area contributed by atoms with Gasteiger partial charge in [-0.1, -0.05) is 48.5 Å². The molecule has 0 aliphatic rings. The number of thiol groups is 1. The van der Waals surface area contributed by atoms with Crippen LogP contribution >= 0.6 is 0 Å². The Hall–Kier alpha value is -3.78. The Balaban J connectivity index is 1.82. The Morgan fingerprint density at radius 2 is 1.44 bits per heavy atom. The number of benzene rings is 3. The summed E-state index contributed by atoms with van der Waals surface area (Å²) in [6.45, 7) is 0.197. The fraction of sp³-hybridized carbons (Fsp3) is 0.0833. The quantitative estimate of drug-likeness (QED) is 0.439. The van der Waals surface area contributed by atoms with Crippen LogP contribution < -0.4 is 5.56 Å². The van der Waals surface area contributed by atoms with Crippen molar-refractivity contribution < 1.29 is 17.9 Å². The Morgan fingerprint density at radius 3 is 2.06 bits per heavy atom. The van der Waals surface area contributed by atoms with Crippen molar-refractivity contribution in [1.29, 1.82) is 0 Å². The molecule has 0 radical (unpaired) electrons. The molecule has 3 aromatic carbocycles. The van der Waals surface area contributed by atoms with Crippen LogP contribution in [-0.4, -0.2) is 23.3 Å². The first kappa shape index (κ1) is 21.5. The van der Waals surface area contributed by atoms with Crippen molar-refractivity contribution in [3.8, 4) is 28.0 Å². The zero-order valence-electron chi connectivity index (χ0n) is 16.8. The molecule has 8 heteroatoms. The summed E-state index contributed by atoms with van der Waals surface area (Å²) in [5.41, 5.74) is 3.22. The number of aromatic hydroxyl groups is 1.